The van der Waals surface area contributed by atoms with Gasteiger partial charge in [0.05, 0.1) is 0 Å². The number of carbonyl (C=O) groups is 1. The summed E-state index contributed by atoms with van der Waals surface area (Å²) in [5.74, 6) is -0.0112. The molecule has 0 radical (unpaired) electrons. The Balaban J connectivity index is 1.67. The molecule has 3 aromatic rings. The SMILES string of the molecule is CC1(NC(=O)c2ccc3c(c2)oc2cc(Br)ccc23)CCCCC1. The van der Waals surface area contributed by atoms with Gasteiger partial charge in [-0.1, -0.05) is 35.2 Å². The Bertz CT molecular complexity index is 922. The van der Waals surface area contributed by atoms with Gasteiger partial charge in [-0.3, -0.25) is 4.79 Å². The van der Waals surface area contributed by atoms with Gasteiger partial charge in [0.2, 0.25) is 0 Å². The van der Waals surface area contributed by atoms with Gasteiger partial charge in [0.15, 0.2) is 0 Å². The van der Waals surface area contributed by atoms with Crippen molar-refractivity contribution in [2.24, 2.45) is 0 Å². The van der Waals surface area contributed by atoms with Crippen LogP contribution in [0.15, 0.2) is 45.3 Å². The van der Waals surface area contributed by atoms with Gasteiger partial charge in [-0.15, -0.1) is 0 Å². The first-order valence-corrected chi connectivity index (χ1v) is 9.28. The van der Waals surface area contributed by atoms with E-state index in [1.54, 1.807) is 0 Å². The Morgan fingerprint density at radius 2 is 1.71 bits per heavy atom. The quantitative estimate of drug-likeness (QED) is 0.605. The predicted molar refractivity (Wildman–Crippen MR) is 100 cm³/mol. The highest BCUT2D eigenvalue weighted by Gasteiger charge is 2.28. The van der Waals surface area contributed by atoms with Crippen LogP contribution in [0.1, 0.15) is 49.4 Å². The molecule has 4 rings (SSSR count). The van der Waals surface area contributed by atoms with Gasteiger partial charge in [-0.05, 0) is 56.2 Å². The number of furan rings is 1. The third-order valence-corrected chi connectivity index (χ3v) is 5.56. The number of rotatable bonds is 2. The highest BCUT2D eigenvalue weighted by molar-refractivity contribution is 9.10. The van der Waals surface area contributed by atoms with Crippen molar-refractivity contribution in [3.05, 3.63) is 46.4 Å². The summed E-state index contributed by atoms with van der Waals surface area (Å²) in [6, 6.07) is 11.7. The first-order valence-electron chi connectivity index (χ1n) is 8.48. The van der Waals surface area contributed by atoms with Crippen molar-refractivity contribution in [1.29, 1.82) is 0 Å². The number of carbonyl (C=O) groups excluding carboxylic acids is 1. The standard InChI is InChI=1S/C20H20BrNO2/c1-20(9-3-2-4-10-20)22-19(23)13-5-7-15-16-8-6-14(21)12-18(16)24-17(15)11-13/h5-8,11-12H,2-4,9-10H2,1H3,(H,22,23). The zero-order chi connectivity index (χ0) is 16.7. The molecule has 3 nitrogen and oxygen atoms in total. The summed E-state index contributed by atoms with van der Waals surface area (Å²) in [6.07, 6.45) is 5.76. The highest BCUT2D eigenvalue weighted by Crippen LogP contribution is 2.32. The lowest BCUT2D eigenvalue weighted by Gasteiger charge is -2.34. The Hall–Kier alpha value is -1.81. The second kappa shape index (κ2) is 5.92. The van der Waals surface area contributed by atoms with Gasteiger partial charge in [-0.2, -0.15) is 0 Å². The first kappa shape index (κ1) is 15.7. The molecule has 1 amide bonds. The Kier molecular flexibility index (Phi) is 3.87. The van der Waals surface area contributed by atoms with Gasteiger partial charge < -0.3 is 9.73 Å². The van der Waals surface area contributed by atoms with Crippen molar-refractivity contribution < 1.29 is 9.21 Å². The predicted octanol–water partition coefficient (Wildman–Crippen LogP) is 5.80. The number of hydrogen-bond donors (Lipinski definition) is 1. The molecule has 1 heterocycles. The lowest BCUT2D eigenvalue weighted by Crippen LogP contribution is -2.47. The molecule has 24 heavy (non-hydrogen) atoms. The maximum Gasteiger partial charge on any atom is 0.251 e. The fourth-order valence-electron chi connectivity index (χ4n) is 3.70. The van der Waals surface area contributed by atoms with Gasteiger partial charge >= 0.3 is 0 Å². The lowest BCUT2D eigenvalue weighted by molar-refractivity contribution is 0.0882. The van der Waals surface area contributed by atoms with E-state index in [1.165, 1.54) is 19.3 Å². The van der Waals surface area contributed by atoms with Crippen molar-refractivity contribution in [3.8, 4) is 0 Å². The van der Waals surface area contributed by atoms with E-state index in [0.717, 1.165) is 39.3 Å². The number of halogens is 1. The summed E-state index contributed by atoms with van der Waals surface area (Å²) in [7, 11) is 0. The molecule has 0 unspecified atom stereocenters. The lowest BCUT2D eigenvalue weighted by atomic mass is 9.83. The van der Waals surface area contributed by atoms with E-state index in [0.29, 0.717) is 5.56 Å². The Morgan fingerprint density at radius 3 is 2.46 bits per heavy atom. The second-order valence-corrected chi connectivity index (χ2v) is 7.94. The van der Waals surface area contributed by atoms with Crippen molar-refractivity contribution in [3.63, 3.8) is 0 Å². The van der Waals surface area contributed by atoms with Crippen LogP contribution in [0.25, 0.3) is 21.9 Å². The molecule has 0 bridgehead atoms. The number of nitrogens with one attached hydrogen (secondary N) is 1. The molecule has 1 N–H and O–H groups in total. The highest BCUT2D eigenvalue weighted by atomic mass is 79.9. The average Bonchev–Trinajstić information content (AvgIpc) is 2.91. The van der Waals surface area contributed by atoms with Crippen LogP contribution in [0.3, 0.4) is 0 Å². The molecule has 2 aromatic carbocycles. The number of hydrogen-bond acceptors (Lipinski definition) is 2. The fraction of sp³-hybridized carbons (Fsp3) is 0.350. The van der Waals surface area contributed by atoms with Crippen molar-refractivity contribution in [1.82, 2.24) is 5.32 Å². The molecule has 4 heteroatoms. The minimum Gasteiger partial charge on any atom is -0.456 e. The second-order valence-electron chi connectivity index (χ2n) is 7.03. The monoisotopic (exact) mass is 385 g/mol. The van der Waals surface area contributed by atoms with E-state index < -0.39 is 0 Å². The van der Waals surface area contributed by atoms with Crippen molar-refractivity contribution in [2.75, 3.05) is 0 Å². The van der Waals surface area contributed by atoms with Crippen LogP contribution in [0.2, 0.25) is 0 Å². The van der Waals surface area contributed by atoms with E-state index in [2.05, 4.69) is 28.2 Å². The van der Waals surface area contributed by atoms with E-state index in [9.17, 15) is 4.79 Å². The Morgan fingerprint density at radius 1 is 1.04 bits per heavy atom. The van der Waals surface area contributed by atoms with Crippen LogP contribution in [-0.2, 0) is 0 Å². The molecule has 0 aliphatic heterocycles. The zero-order valence-electron chi connectivity index (χ0n) is 13.7. The summed E-state index contributed by atoms with van der Waals surface area (Å²) in [4.78, 5) is 12.7. The average molecular weight is 386 g/mol. The summed E-state index contributed by atoms with van der Waals surface area (Å²) < 4.78 is 6.91. The first-order chi connectivity index (χ1) is 11.5. The van der Waals surface area contributed by atoms with Crippen LogP contribution in [0.5, 0.6) is 0 Å². The maximum absolute atomic E-state index is 12.7. The molecule has 1 aliphatic rings. The van der Waals surface area contributed by atoms with E-state index >= 15 is 0 Å². The summed E-state index contributed by atoms with van der Waals surface area (Å²) in [5.41, 5.74) is 2.16. The van der Waals surface area contributed by atoms with E-state index in [-0.39, 0.29) is 11.4 Å². The molecule has 1 aromatic heterocycles. The zero-order valence-corrected chi connectivity index (χ0v) is 15.3. The van der Waals surface area contributed by atoms with E-state index in [1.807, 2.05) is 36.4 Å². The normalized spacial score (nSPS) is 17.2. The van der Waals surface area contributed by atoms with Crippen LogP contribution < -0.4 is 5.32 Å². The molecular formula is C20H20BrNO2. The molecular weight excluding hydrogens is 366 g/mol. The van der Waals surface area contributed by atoms with Crippen molar-refractivity contribution in [2.45, 2.75) is 44.6 Å². The van der Waals surface area contributed by atoms with Gasteiger partial charge in [0, 0.05) is 26.3 Å². The minimum atomic E-state index is -0.0803. The fourth-order valence-corrected chi connectivity index (χ4v) is 4.04. The topological polar surface area (TPSA) is 42.2 Å². The minimum absolute atomic E-state index is 0.0112. The largest absolute Gasteiger partial charge is 0.456 e. The van der Waals surface area contributed by atoms with E-state index in [4.69, 9.17) is 4.42 Å². The third-order valence-electron chi connectivity index (χ3n) is 5.07. The summed E-state index contributed by atoms with van der Waals surface area (Å²) in [5, 5.41) is 5.34. The summed E-state index contributed by atoms with van der Waals surface area (Å²) in [6.45, 7) is 2.15. The summed E-state index contributed by atoms with van der Waals surface area (Å²) >= 11 is 3.46. The molecule has 124 valence electrons. The van der Waals surface area contributed by atoms with Gasteiger partial charge in [-0.25, -0.2) is 0 Å². The van der Waals surface area contributed by atoms with Crippen LogP contribution in [-0.4, -0.2) is 11.4 Å². The molecule has 0 spiro atoms. The van der Waals surface area contributed by atoms with Gasteiger partial charge in [0.25, 0.3) is 5.91 Å². The van der Waals surface area contributed by atoms with Crippen molar-refractivity contribution >= 4 is 43.8 Å². The molecule has 0 atom stereocenters. The smallest absolute Gasteiger partial charge is 0.251 e. The molecule has 1 fully saturated rings. The number of benzene rings is 2. The maximum atomic E-state index is 12.7. The third kappa shape index (κ3) is 2.84. The van der Waals surface area contributed by atoms with Crippen LogP contribution >= 0.6 is 15.9 Å². The number of amides is 1. The molecule has 1 aliphatic carbocycles. The number of fused-ring (bicyclic) bond motifs is 3. The van der Waals surface area contributed by atoms with Gasteiger partial charge in [0.1, 0.15) is 11.2 Å². The van der Waals surface area contributed by atoms with Crippen LogP contribution in [0.4, 0.5) is 0 Å². The van der Waals surface area contributed by atoms with Crippen LogP contribution in [0, 0.1) is 0 Å². The Labute approximate surface area is 149 Å². The molecule has 1 saturated carbocycles. The molecule has 0 saturated heterocycles.